The van der Waals surface area contributed by atoms with Crippen LogP contribution >= 0.6 is 0 Å². The molecule has 48 valence electrons. The van der Waals surface area contributed by atoms with Crippen LogP contribution in [0.1, 0.15) is 13.8 Å². The van der Waals surface area contributed by atoms with Crippen LogP contribution in [-0.4, -0.2) is 28.2 Å². The van der Waals surface area contributed by atoms with Crippen molar-refractivity contribution < 1.29 is 15.0 Å². The highest BCUT2D eigenvalue weighted by atomic mass is 16.3. The van der Waals surface area contributed by atoms with Crippen LogP contribution in [-0.2, 0) is 4.79 Å². The Morgan fingerprint density at radius 1 is 1.50 bits per heavy atom. The molecule has 0 saturated heterocycles. The van der Waals surface area contributed by atoms with Crippen LogP contribution in [0.25, 0.3) is 0 Å². The molecule has 0 aromatic carbocycles. The summed E-state index contributed by atoms with van der Waals surface area (Å²) in [5, 5.41) is 17.1. The first kappa shape index (κ1) is 7.59. The molecule has 0 spiro atoms. The number of carbonyl (C=O) groups excluding carboxylic acids is 1. The average Bonchev–Trinajstić information content (AvgIpc) is 1.64. The monoisotopic (exact) mass is 118 g/mol. The molecule has 8 heavy (non-hydrogen) atoms. The van der Waals surface area contributed by atoms with Gasteiger partial charge in [0, 0.05) is 0 Å². The summed E-state index contributed by atoms with van der Waals surface area (Å²) in [4.78, 5) is 10.2. The summed E-state index contributed by atoms with van der Waals surface area (Å²) < 4.78 is 0. The maximum absolute atomic E-state index is 10.2. The van der Waals surface area contributed by atoms with E-state index >= 15 is 0 Å². The molecule has 2 atom stereocenters. The summed E-state index contributed by atoms with van der Waals surface area (Å²) in [6.45, 7) is 2.60. The van der Waals surface area contributed by atoms with Gasteiger partial charge in [-0.25, -0.2) is 0 Å². The van der Waals surface area contributed by atoms with Gasteiger partial charge in [0.05, 0.1) is 6.10 Å². The first-order valence-corrected chi connectivity index (χ1v) is 2.42. The SMILES string of the molecule is CC(=O)[C@@H](O)[C@H](C)O. The first-order valence-electron chi connectivity index (χ1n) is 2.42. The van der Waals surface area contributed by atoms with E-state index in [1.807, 2.05) is 0 Å². The Hall–Kier alpha value is -0.410. The molecule has 0 aliphatic rings. The Kier molecular flexibility index (Phi) is 2.65. The lowest BCUT2D eigenvalue weighted by Crippen LogP contribution is -2.29. The van der Waals surface area contributed by atoms with Crippen molar-refractivity contribution >= 4 is 5.78 Å². The molecule has 2 N–H and O–H groups in total. The number of hydrogen-bond acceptors (Lipinski definition) is 3. The summed E-state index contributed by atoms with van der Waals surface area (Å²) in [5.41, 5.74) is 0. The van der Waals surface area contributed by atoms with Gasteiger partial charge in [0.15, 0.2) is 5.78 Å². The predicted octanol–water partition coefficient (Wildman–Crippen LogP) is -0.683. The number of aliphatic hydroxyl groups excluding tert-OH is 2. The van der Waals surface area contributed by atoms with Crippen molar-refractivity contribution in [2.45, 2.75) is 26.1 Å². The second-order valence-corrected chi connectivity index (χ2v) is 1.80. The highest BCUT2D eigenvalue weighted by molar-refractivity contribution is 5.80. The third-order valence-corrected chi connectivity index (χ3v) is 0.873. The molecule has 0 unspecified atom stereocenters. The Morgan fingerprint density at radius 2 is 1.88 bits per heavy atom. The Bertz CT molecular complexity index is 87.7. The lowest BCUT2D eigenvalue weighted by atomic mass is 10.2. The summed E-state index contributed by atoms with van der Waals surface area (Å²) in [6.07, 6.45) is -2.16. The normalized spacial score (nSPS) is 17.5. The van der Waals surface area contributed by atoms with Gasteiger partial charge in [-0.2, -0.15) is 0 Å². The molecule has 0 heterocycles. The van der Waals surface area contributed by atoms with Crippen molar-refractivity contribution in [2.24, 2.45) is 0 Å². The third-order valence-electron chi connectivity index (χ3n) is 0.873. The number of Topliss-reactive ketones (excluding diaryl/α,β-unsaturated/α-hetero) is 1. The predicted molar refractivity (Wildman–Crippen MR) is 28.4 cm³/mol. The molecule has 0 aromatic heterocycles. The fourth-order valence-electron chi connectivity index (χ4n) is 0.340. The van der Waals surface area contributed by atoms with Crippen LogP contribution in [0.4, 0.5) is 0 Å². The maximum Gasteiger partial charge on any atom is 0.160 e. The summed E-state index contributed by atoms with van der Waals surface area (Å²) in [6, 6.07) is 0. The molecule has 3 nitrogen and oxygen atoms in total. The zero-order chi connectivity index (χ0) is 6.73. The van der Waals surface area contributed by atoms with Crippen molar-refractivity contribution in [1.82, 2.24) is 0 Å². The minimum atomic E-state index is -1.21. The van der Waals surface area contributed by atoms with Crippen molar-refractivity contribution in [3.8, 4) is 0 Å². The van der Waals surface area contributed by atoms with E-state index in [0.29, 0.717) is 0 Å². The molecule has 0 aromatic rings. The van der Waals surface area contributed by atoms with Crippen LogP contribution in [0.2, 0.25) is 0 Å². The third kappa shape index (κ3) is 2.04. The molecular formula is C5H10O3. The first-order chi connectivity index (χ1) is 3.55. The van der Waals surface area contributed by atoms with Crippen LogP contribution in [0, 0.1) is 0 Å². The van der Waals surface area contributed by atoms with Crippen molar-refractivity contribution in [3.63, 3.8) is 0 Å². The second-order valence-electron chi connectivity index (χ2n) is 1.80. The van der Waals surface area contributed by atoms with Gasteiger partial charge in [0.25, 0.3) is 0 Å². The highest BCUT2D eigenvalue weighted by Gasteiger charge is 2.14. The molecule has 0 fully saturated rings. The standard InChI is InChI=1S/C5H10O3/c1-3(6)5(8)4(2)7/h3,5-6,8H,1-2H3/t3-,5-/m0/s1. The second kappa shape index (κ2) is 2.79. The number of carbonyl (C=O) groups is 1. The van der Waals surface area contributed by atoms with Crippen LogP contribution in [0.15, 0.2) is 0 Å². The molecule has 0 amide bonds. The quantitative estimate of drug-likeness (QED) is 0.505. The van der Waals surface area contributed by atoms with E-state index in [0.717, 1.165) is 0 Å². The van der Waals surface area contributed by atoms with Crippen LogP contribution in [0.5, 0.6) is 0 Å². The van der Waals surface area contributed by atoms with Gasteiger partial charge in [-0.1, -0.05) is 0 Å². The highest BCUT2D eigenvalue weighted by Crippen LogP contribution is 1.91. The molecular weight excluding hydrogens is 108 g/mol. The van der Waals surface area contributed by atoms with E-state index in [-0.39, 0.29) is 0 Å². The van der Waals surface area contributed by atoms with Crippen molar-refractivity contribution in [1.29, 1.82) is 0 Å². The minimum absolute atomic E-state index is 0.403. The topological polar surface area (TPSA) is 57.5 Å². The van der Waals surface area contributed by atoms with Gasteiger partial charge in [-0.15, -0.1) is 0 Å². The van der Waals surface area contributed by atoms with E-state index in [4.69, 9.17) is 10.2 Å². The van der Waals surface area contributed by atoms with Crippen LogP contribution in [0.3, 0.4) is 0 Å². The Balaban J connectivity index is 3.64. The van der Waals surface area contributed by atoms with Gasteiger partial charge in [-0.3, -0.25) is 4.79 Å². The van der Waals surface area contributed by atoms with Gasteiger partial charge >= 0.3 is 0 Å². The molecule has 3 heteroatoms. The summed E-state index contributed by atoms with van der Waals surface area (Å²) in [5.74, 6) is -0.403. The lowest BCUT2D eigenvalue weighted by molar-refractivity contribution is -0.129. The zero-order valence-electron chi connectivity index (χ0n) is 4.96. The molecule has 0 aliphatic carbocycles. The van der Waals surface area contributed by atoms with Crippen molar-refractivity contribution in [3.05, 3.63) is 0 Å². The lowest BCUT2D eigenvalue weighted by Gasteiger charge is -2.07. The number of hydrogen-bond donors (Lipinski definition) is 2. The molecule has 0 saturated carbocycles. The largest absolute Gasteiger partial charge is 0.390 e. The molecule has 0 aliphatic heterocycles. The van der Waals surface area contributed by atoms with Crippen LogP contribution < -0.4 is 0 Å². The summed E-state index contributed by atoms with van der Waals surface area (Å²) in [7, 11) is 0. The number of ketones is 1. The van der Waals surface area contributed by atoms with Gasteiger partial charge in [-0.05, 0) is 13.8 Å². The van der Waals surface area contributed by atoms with E-state index in [1.165, 1.54) is 13.8 Å². The molecule has 0 rings (SSSR count). The van der Waals surface area contributed by atoms with E-state index in [2.05, 4.69) is 0 Å². The average molecular weight is 118 g/mol. The maximum atomic E-state index is 10.2. The van der Waals surface area contributed by atoms with Gasteiger partial charge in [0.2, 0.25) is 0 Å². The van der Waals surface area contributed by atoms with E-state index < -0.39 is 18.0 Å². The van der Waals surface area contributed by atoms with Gasteiger partial charge < -0.3 is 10.2 Å². The van der Waals surface area contributed by atoms with E-state index in [9.17, 15) is 4.79 Å². The van der Waals surface area contributed by atoms with Gasteiger partial charge in [0.1, 0.15) is 6.10 Å². The molecule has 0 bridgehead atoms. The molecule has 0 radical (unpaired) electrons. The fraction of sp³-hybridized carbons (Fsp3) is 0.800. The smallest absolute Gasteiger partial charge is 0.160 e. The zero-order valence-corrected chi connectivity index (χ0v) is 4.96. The van der Waals surface area contributed by atoms with E-state index in [1.54, 1.807) is 0 Å². The van der Waals surface area contributed by atoms with Crippen molar-refractivity contribution in [2.75, 3.05) is 0 Å². The number of rotatable bonds is 2. The summed E-state index contributed by atoms with van der Waals surface area (Å²) >= 11 is 0. The fourth-order valence-corrected chi connectivity index (χ4v) is 0.340. The Labute approximate surface area is 47.9 Å². The number of aliphatic hydroxyl groups is 2. The minimum Gasteiger partial charge on any atom is -0.390 e. The Morgan fingerprint density at radius 3 is 1.88 bits per heavy atom.